The Balaban J connectivity index is 2.62. The Labute approximate surface area is 109 Å². The Bertz CT molecular complexity index is 384. The number of furan rings is 1. The van der Waals surface area contributed by atoms with Gasteiger partial charge in [-0.05, 0) is 48.8 Å². The van der Waals surface area contributed by atoms with Gasteiger partial charge in [0, 0.05) is 6.54 Å². The molecule has 0 fully saturated rings. The van der Waals surface area contributed by atoms with Gasteiger partial charge in [0.15, 0.2) is 4.67 Å². The van der Waals surface area contributed by atoms with Crippen LogP contribution in [0.4, 0.5) is 4.79 Å². The van der Waals surface area contributed by atoms with Crippen LogP contribution in [0.15, 0.2) is 21.2 Å². The van der Waals surface area contributed by atoms with E-state index in [0.29, 0.717) is 10.4 Å². The molecule has 5 nitrogen and oxygen atoms in total. The Morgan fingerprint density at radius 3 is 2.65 bits per heavy atom. The molecular weight excluding hydrogens is 288 g/mol. The molecule has 96 valence electrons. The van der Waals surface area contributed by atoms with Crippen molar-refractivity contribution in [3.8, 4) is 0 Å². The molecule has 1 unspecified atom stereocenters. The smallest absolute Gasteiger partial charge is 0.408 e. The van der Waals surface area contributed by atoms with Crippen LogP contribution in [0.2, 0.25) is 0 Å². The summed E-state index contributed by atoms with van der Waals surface area (Å²) in [6.45, 7) is 5.63. The van der Waals surface area contributed by atoms with Gasteiger partial charge in [0.1, 0.15) is 17.4 Å². The minimum Gasteiger partial charge on any atom is -0.452 e. The number of rotatable bonds is 3. The molecule has 0 aliphatic rings. The van der Waals surface area contributed by atoms with Gasteiger partial charge in [0.25, 0.3) is 0 Å². The Morgan fingerprint density at radius 2 is 2.24 bits per heavy atom. The fourth-order valence-electron chi connectivity index (χ4n) is 1.21. The molecule has 1 rings (SSSR count). The van der Waals surface area contributed by atoms with E-state index >= 15 is 0 Å². The molecule has 3 N–H and O–H groups in total. The molecule has 1 amide bonds. The van der Waals surface area contributed by atoms with Crippen molar-refractivity contribution in [2.45, 2.75) is 32.4 Å². The van der Waals surface area contributed by atoms with Crippen LogP contribution in [0.3, 0.4) is 0 Å². The predicted octanol–water partition coefficient (Wildman–Crippen LogP) is 2.57. The quantitative estimate of drug-likeness (QED) is 0.899. The van der Waals surface area contributed by atoms with E-state index in [0.717, 1.165) is 0 Å². The molecule has 0 saturated carbocycles. The van der Waals surface area contributed by atoms with Crippen molar-refractivity contribution in [1.82, 2.24) is 5.32 Å². The van der Waals surface area contributed by atoms with Crippen molar-refractivity contribution in [3.63, 3.8) is 0 Å². The predicted molar refractivity (Wildman–Crippen MR) is 67.6 cm³/mol. The molecule has 0 aliphatic carbocycles. The third-order valence-corrected chi connectivity index (χ3v) is 2.29. The number of carbonyl (C=O) groups excluding carboxylic acids is 1. The van der Waals surface area contributed by atoms with Gasteiger partial charge in [-0.2, -0.15) is 0 Å². The highest BCUT2D eigenvalue weighted by Gasteiger charge is 2.21. The van der Waals surface area contributed by atoms with Gasteiger partial charge in [-0.3, -0.25) is 0 Å². The first kappa shape index (κ1) is 14.1. The van der Waals surface area contributed by atoms with Gasteiger partial charge in [-0.1, -0.05) is 0 Å². The van der Waals surface area contributed by atoms with E-state index in [4.69, 9.17) is 14.9 Å². The standard InChI is InChI=1S/C11H17BrN2O3/c1-11(2,3)17-10(15)14-7(6-13)8-4-5-9(12)16-8/h4-5,7H,6,13H2,1-3H3,(H,14,15). The van der Waals surface area contributed by atoms with E-state index in [1.54, 1.807) is 32.9 Å². The molecule has 1 aromatic rings. The van der Waals surface area contributed by atoms with Gasteiger partial charge in [0.2, 0.25) is 0 Å². The number of alkyl carbamates (subject to hydrolysis) is 1. The van der Waals surface area contributed by atoms with Crippen LogP contribution in [0.1, 0.15) is 32.6 Å². The maximum Gasteiger partial charge on any atom is 0.408 e. The number of amides is 1. The molecule has 1 atom stereocenters. The second-order valence-corrected chi connectivity index (χ2v) is 5.36. The zero-order valence-corrected chi connectivity index (χ0v) is 11.7. The summed E-state index contributed by atoms with van der Waals surface area (Å²) in [5, 5.41) is 2.65. The Kier molecular flexibility index (Phi) is 4.59. The van der Waals surface area contributed by atoms with Crippen LogP contribution >= 0.6 is 15.9 Å². The second kappa shape index (κ2) is 5.55. The number of nitrogens with two attached hydrogens (primary N) is 1. The molecule has 0 aliphatic heterocycles. The maximum atomic E-state index is 11.6. The lowest BCUT2D eigenvalue weighted by molar-refractivity contribution is 0.0499. The molecule has 1 aromatic heterocycles. The number of hydrogen-bond acceptors (Lipinski definition) is 4. The third-order valence-electron chi connectivity index (χ3n) is 1.86. The van der Waals surface area contributed by atoms with Gasteiger partial charge < -0.3 is 20.2 Å². The SMILES string of the molecule is CC(C)(C)OC(=O)NC(CN)c1ccc(Br)o1. The van der Waals surface area contributed by atoms with E-state index in [1.165, 1.54) is 0 Å². The topological polar surface area (TPSA) is 77.5 Å². The molecule has 0 radical (unpaired) electrons. The number of halogens is 1. The summed E-state index contributed by atoms with van der Waals surface area (Å²) in [5.41, 5.74) is 5.05. The second-order valence-electron chi connectivity index (χ2n) is 4.58. The van der Waals surface area contributed by atoms with E-state index in [9.17, 15) is 4.79 Å². The van der Waals surface area contributed by atoms with E-state index in [2.05, 4.69) is 21.2 Å². The van der Waals surface area contributed by atoms with Crippen LogP contribution in [0, 0.1) is 0 Å². The summed E-state index contributed by atoms with van der Waals surface area (Å²) in [5.74, 6) is 0.588. The number of hydrogen-bond donors (Lipinski definition) is 2. The van der Waals surface area contributed by atoms with Gasteiger partial charge >= 0.3 is 6.09 Å². The molecule has 0 aromatic carbocycles. The molecule has 0 bridgehead atoms. The fraction of sp³-hybridized carbons (Fsp3) is 0.545. The Morgan fingerprint density at radius 1 is 1.59 bits per heavy atom. The van der Waals surface area contributed by atoms with Gasteiger partial charge in [-0.15, -0.1) is 0 Å². The van der Waals surface area contributed by atoms with Crippen LogP contribution in [-0.2, 0) is 4.74 Å². The number of ether oxygens (including phenoxy) is 1. The molecule has 1 heterocycles. The first-order chi connectivity index (χ1) is 7.81. The average Bonchev–Trinajstić information content (AvgIpc) is 2.58. The highest BCUT2D eigenvalue weighted by molar-refractivity contribution is 9.10. The largest absolute Gasteiger partial charge is 0.452 e. The maximum absolute atomic E-state index is 11.6. The van der Waals surface area contributed by atoms with Crippen molar-refractivity contribution < 1.29 is 13.9 Å². The minimum atomic E-state index is -0.535. The van der Waals surface area contributed by atoms with Gasteiger partial charge in [0.05, 0.1) is 0 Å². The zero-order valence-electron chi connectivity index (χ0n) is 10.1. The molecule has 0 spiro atoms. The monoisotopic (exact) mass is 304 g/mol. The minimum absolute atomic E-state index is 0.235. The molecule has 17 heavy (non-hydrogen) atoms. The highest BCUT2D eigenvalue weighted by atomic mass is 79.9. The average molecular weight is 305 g/mol. The zero-order chi connectivity index (χ0) is 13.1. The van der Waals surface area contributed by atoms with E-state index in [1.807, 2.05) is 0 Å². The fourth-order valence-corrected chi connectivity index (χ4v) is 1.53. The lowest BCUT2D eigenvalue weighted by Gasteiger charge is -2.22. The van der Waals surface area contributed by atoms with Crippen molar-refractivity contribution in [3.05, 3.63) is 22.6 Å². The molecule has 0 saturated heterocycles. The normalized spacial score (nSPS) is 13.2. The van der Waals surface area contributed by atoms with E-state index < -0.39 is 17.7 Å². The van der Waals surface area contributed by atoms with Crippen molar-refractivity contribution in [2.75, 3.05) is 6.54 Å². The first-order valence-corrected chi connectivity index (χ1v) is 6.06. The summed E-state index contributed by atoms with van der Waals surface area (Å²) < 4.78 is 11.1. The summed E-state index contributed by atoms with van der Waals surface area (Å²) in [4.78, 5) is 11.6. The molecule has 6 heteroatoms. The lowest BCUT2D eigenvalue weighted by Crippen LogP contribution is -2.37. The lowest BCUT2D eigenvalue weighted by atomic mass is 10.2. The van der Waals surface area contributed by atoms with E-state index in [-0.39, 0.29) is 6.54 Å². The van der Waals surface area contributed by atoms with Crippen LogP contribution < -0.4 is 11.1 Å². The first-order valence-electron chi connectivity index (χ1n) is 5.26. The third kappa shape index (κ3) is 4.79. The van der Waals surface area contributed by atoms with Crippen molar-refractivity contribution >= 4 is 22.0 Å². The van der Waals surface area contributed by atoms with Crippen LogP contribution in [0.5, 0.6) is 0 Å². The van der Waals surface area contributed by atoms with Crippen molar-refractivity contribution in [1.29, 1.82) is 0 Å². The summed E-state index contributed by atoms with van der Waals surface area (Å²) in [6, 6.07) is 3.10. The number of nitrogens with one attached hydrogen (secondary N) is 1. The number of carbonyl (C=O) groups is 1. The molecular formula is C11H17BrN2O3. The summed E-state index contributed by atoms with van der Waals surface area (Å²) in [7, 11) is 0. The van der Waals surface area contributed by atoms with Gasteiger partial charge in [-0.25, -0.2) is 4.79 Å². The Hall–Kier alpha value is -1.01. The summed E-state index contributed by atoms with van der Waals surface area (Å²) >= 11 is 3.19. The highest BCUT2D eigenvalue weighted by Crippen LogP contribution is 2.20. The summed E-state index contributed by atoms with van der Waals surface area (Å²) in [6.07, 6.45) is -0.513. The van der Waals surface area contributed by atoms with Crippen LogP contribution in [-0.4, -0.2) is 18.2 Å². The van der Waals surface area contributed by atoms with Crippen LogP contribution in [0.25, 0.3) is 0 Å². The van der Waals surface area contributed by atoms with Crippen molar-refractivity contribution in [2.24, 2.45) is 5.73 Å².